The van der Waals surface area contributed by atoms with Crippen LogP contribution in [0.3, 0.4) is 0 Å². The Hall–Kier alpha value is -1.21. The van der Waals surface area contributed by atoms with Crippen molar-refractivity contribution in [3.05, 3.63) is 12.7 Å². The van der Waals surface area contributed by atoms with E-state index in [4.69, 9.17) is 0 Å². The molecule has 0 aromatic carbocycles. The summed E-state index contributed by atoms with van der Waals surface area (Å²) >= 11 is 0. The smallest absolute Gasteiger partial charge is 0.411 e. The van der Waals surface area contributed by atoms with Crippen LogP contribution >= 0.6 is 0 Å². The van der Waals surface area contributed by atoms with Gasteiger partial charge in [0.25, 0.3) is 0 Å². The van der Waals surface area contributed by atoms with E-state index in [2.05, 4.69) is 11.3 Å². The first-order chi connectivity index (χ1) is 6.60. The highest BCUT2D eigenvalue weighted by Gasteiger charge is 2.62. The molecule has 0 aromatic heterocycles. The zero-order valence-corrected chi connectivity index (χ0v) is 7.15. The molecule has 2 nitrogen and oxygen atoms in total. The third-order valence-electron chi connectivity index (χ3n) is 1.23. The lowest BCUT2D eigenvalue weighted by atomic mass is 10.1. The number of alkyl halides is 6. The highest BCUT2D eigenvalue weighted by atomic mass is 19.4. The van der Waals surface area contributed by atoms with Crippen LogP contribution in [0.2, 0.25) is 0 Å². The second-order valence-corrected chi connectivity index (χ2v) is 2.43. The number of hydrogen-bond donors (Lipinski definition) is 0. The predicted molar refractivity (Wildman–Crippen MR) is 36.8 cm³/mol. The molecule has 15 heavy (non-hydrogen) atoms. The average Bonchev–Trinajstić information content (AvgIpc) is 1.94. The van der Waals surface area contributed by atoms with E-state index in [0.29, 0.717) is 0 Å². The largest absolute Gasteiger partial charge is 0.461 e. The van der Waals surface area contributed by atoms with E-state index in [0.717, 1.165) is 6.08 Å². The van der Waals surface area contributed by atoms with E-state index in [1.807, 2.05) is 0 Å². The maximum Gasteiger partial charge on any atom is 0.411 e. The van der Waals surface area contributed by atoms with Crippen LogP contribution in [0.15, 0.2) is 12.7 Å². The Morgan fingerprint density at radius 2 is 1.60 bits per heavy atom. The first-order valence-electron chi connectivity index (χ1n) is 3.51. The summed E-state index contributed by atoms with van der Waals surface area (Å²) in [5.74, 6) is -6.49. The molecule has 0 saturated carbocycles. The fourth-order valence-electron chi connectivity index (χ4n) is 0.677. The Morgan fingerprint density at radius 3 is 1.87 bits per heavy atom. The van der Waals surface area contributed by atoms with Crippen molar-refractivity contribution >= 4 is 5.97 Å². The van der Waals surface area contributed by atoms with Crippen molar-refractivity contribution < 1.29 is 35.9 Å². The van der Waals surface area contributed by atoms with Crippen molar-refractivity contribution in [2.75, 3.05) is 6.61 Å². The van der Waals surface area contributed by atoms with Crippen LogP contribution in [-0.4, -0.2) is 24.9 Å². The average molecular weight is 236 g/mol. The molecule has 0 unspecified atom stereocenters. The zero-order valence-electron chi connectivity index (χ0n) is 7.15. The number of esters is 1. The second-order valence-electron chi connectivity index (χ2n) is 2.43. The molecule has 0 rings (SSSR count). The first kappa shape index (κ1) is 13.8. The zero-order chi connectivity index (χ0) is 12.3. The Morgan fingerprint density at radius 1 is 1.20 bits per heavy atom. The van der Waals surface area contributed by atoms with Gasteiger partial charge in [-0.1, -0.05) is 12.7 Å². The number of carbonyl (C=O) groups is 1. The van der Waals surface area contributed by atoms with Gasteiger partial charge in [-0.2, -0.15) is 26.3 Å². The van der Waals surface area contributed by atoms with E-state index >= 15 is 0 Å². The van der Waals surface area contributed by atoms with Gasteiger partial charge in [0, 0.05) is 0 Å². The molecule has 88 valence electrons. The molecule has 0 aliphatic heterocycles. The molecular formula is C7H6F6O2. The lowest BCUT2D eigenvalue weighted by Crippen LogP contribution is -2.43. The number of carbonyl (C=O) groups excluding carboxylic acids is 1. The third kappa shape index (κ3) is 4.22. The number of hydrogen-bond acceptors (Lipinski definition) is 2. The van der Waals surface area contributed by atoms with Crippen LogP contribution in [0.25, 0.3) is 0 Å². The minimum Gasteiger partial charge on any atom is -0.461 e. The molecule has 0 bridgehead atoms. The molecule has 0 saturated heterocycles. The van der Waals surface area contributed by atoms with E-state index < -0.39 is 30.8 Å². The molecule has 0 N–H and O–H groups in total. The summed E-state index contributed by atoms with van der Waals surface area (Å²) in [5, 5.41) is 0. The number of ether oxygens (including phenoxy) is 1. The van der Waals surface area contributed by atoms with E-state index in [-0.39, 0.29) is 0 Å². The van der Waals surface area contributed by atoms with Crippen molar-refractivity contribution in [1.29, 1.82) is 0 Å². The maximum absolute atomic E-state index is 11.8. The van der Waals surface area contributed by atoms with Crippen molar-refractivity contribution in [3.8, 4) is 0 Å². The summed E-state index contributed by atoms with van der Waals surface area (Å²) < 4.78 is 74.8. The molecule has 0 spiro atoms. The molecule has 0 aromatic rings. The van der Waals surface area contributed by atoms with Gasteiger partial charge in [-0.15, -0.1) is 0 Å². The number of halogens is 6. The third-order valence-corrected chi connectivity index (χ3v) is 1.23. The predicted octanol–water partition coefficient (Wildman–Crippen LogP) is 2.46. The molecule has 0 radical (unpaired) electrons. The second kappa shape index (κ2) is 4.54. The van der Waals surface area contributed by atoms with Gasteiger partial charge in [0.2, 0.25) is 5.92 Å². The van der Waals surface area contributed by atoms with E-state index in [1.54, 1.807) is 0 Å². The van der Waals surface area contributed by atoms with E-state index in [1.165, 1.54) is 0 Å². The van der Waals surface area contributed by atoms with Crippen molar-refractivity contribution in [3.63, 3.8) is 0 Å². The highest BCUT2D eigenvalue weighted by molar-refractivity contribution is 5.74. The summed E-state index contributed by atoms with van der Waals surface area (Å²) in [5.41, 5.74) is 0. The molecule has 0 heterocycles. The van der Waals surface area contributed by atoms with Gasteiger partial charge in [0.05, 0.1) is 0 Å². The minimum absolute atomic E-state index is 0.707. The van der Waals surface area contributed by atoms with Gasteiger partial charge in [0.1, 0.15) is 6.61 Å². The normalized spacial score (nSPS) is 12.7. The number of rotatable bonds is 3. The monoisotopic (exact) mass is 236 g/mol. The van der Waals surface area contributed by atoms with Gasteiger partial charge < -0.3 is 4.74 Å². The van der Waals surface area contributed by atoms with Crippen molar-refractivity contribution in [2.45, 2.75) is 12.4 Å². The van der Waals surface area contributed by atoms with Crippen LogP contribution in [0, 0.1) is 5.92 Å². The van der Waals surface area contributed by atoms with Gasteiger partial charge >= 0.3 is 18.3 Å². The standard InChI is InChI=1S/C7H6F6O2/c1-2-3-15-5(14)4(6(8,9)10)7(11,12)13/h2,4H,1,3H2. The lowest BCUT2D eigenvalue weighted by molar-refractivity contribution is -0.281. The van der Waals surface area contributed by atoms with Crippen LogP contribution in [0.5, 0.6) is 0 Å². The maximum atomic E-state index is 11.8. The lowest BCUT2D eigenvalue weighted by Gasteiger charge is -2.20. The summed E-state index contributed by atoms with van der Waals surface area (Å²) in [4.78, 5) is 10.5. The molecule has 0 aliphatic rings. The quantitative estimate of drug-likeness (QED) is 0.427. The molecule has 0 aliphatic carbocycles. The SMILES string of the molecule is C=CCOC(=O)C(C(F)(F)F)C(F)(F)F. The van der Waals surface area contributed by atoms with Crippen molar-refractivity contribution in [1.82, 2.24) is 0 Å². The van der Waals surface area contributed by atoms with Gasteiger partial charge in [0.15, 0.2) is 0 Å². The Balaban J connectivity index is 4.81. The fourth-order valence-corrected chi connectivity index (χ4v) is 0.677. The Labute approximate surface area is 80.5 Å². The van der Waals surface area contributed by atoms with Crippen LogP contribution in [-0.2, 0) is 9.53 Å². The molecule has 0 atom stereocenters. The Kier molecular flexibility index (Phi) is 4.17. The highest BCUT2D eigenvalue weighted by Crippen LogP contribution is 2.39. The van der Waals surface area contributed by atoms with Gasteiger partial charge in [-0.05, 0) is 0 Å². The topological polar surface area (TPSA) is 26.3 Å². The fraction of sp³-hybridized carbons (Fsp3) is 0.571. The summed E-state index contributed by atoms with van der Waals surface area (Å²) in [6.45, 7) is 2.27. The van der Waals surface area contributed by atoms with Crippen molar-refractivity contribution in [2.24, 2.45) is 5.92 Å². The van der Waals surface area contributed by atoms with E-state index in [9.17, 15) is 31.1 Å². The van der Waals surface area contributed by atoms with Crippen LogP contribution in [0.4, 0.5) is 26.3 Å². The van der Waals surface area contributed by atoms with Crippen LogP contribution in [0.1, 0.15) is 0 Å². The summed E-state index contributed by atoms with van der Waals surface area (Å²) in [6, 6.07) is 0. The Bertz CT molecular complexity index is 227. The van der Waals surface area contributed by atoms with Gasteiger partial charge in [-0.25, -0.2) is 0 Å². The molecular weight excluding hydrogens is 230 g/mol. The molecule has 0 fully saturated rings. The molecule has 8 heteroatoms. The first-order valence-corrected chi connectivity index (χ1v) is 3.51. The molecule has 0 amide bonds. The summed E-state index contributed by atoms with van der Waals surface area (Å²) in [6.07, 6.45) is -10.6. The van der Waals surface area contributed by atoms with Gasteiger partial charge in [-0.3, -0.25) is 4.79 Å². The summed E-state index contributed by atoms with van der Waals surface area (Å²) in [7, 11) is 0. The van der Waals surface area contributed by atoms with Crippen LogP contribution < -0.4 is 0 Å². The minimum atomic E-state index is -5.71.